The van der Waals surface area contributed by atoms with E-state index in [2.05, 4.69) is 10.2 Å². The van der Waals surface area contributed by atoms with Crippen molar-refractivity contribution in [3.63, 3.8) is 0 Å². The Morgan fingerprint density at radius 3 is 2.79 bits per heavy atom. The summed E-state index contributed by atoms with van der Waals surface area (Å²) in [6, 6.07) is 0.151. The lowest BCUT2D eigenvalue weighted by Gasteiger charge is -2.24. The van der Waals surface area contributed by atoms with Crippen LogP contribution in [0.1, 0.15) is 26.2 Å². The zero-order chi connectivity index (χ0) is 10.1. The minimum absolute atomic E-state index is 0.293. The maximum absolute atomic E-state index is 12.3. The Kier molecular flexibility index (Phi) is 3.02. The van der Waals surface area contributed by atoms with Crippen LogP contribution < -0.4 is 5.32 Å². The molecule has 0 bridgehead atoms. The van der Waals surface area contributed by atoms with Gasteiger partial charge < -0.3 is 5.32 Å². The molecule has 82 valence electrons. The van der Waals surface area contributed by atoms with Gasteiger partial charge in [-0.15, -0.1) is 0 Å². The van der Waals surface area contributed by atoms with Gasteiger partial charge in [-0.3, -0.25) is 4.90 Å². The summed E-state index contributed by atoms with van der Waals surface area (Å²) in [5.41, 5.74) is 0. The van der Waals surface area contributed by atoms with Gasteiger partial charge in [0.1, 0.15) is 0 Å². The minimum atomic E-state index is -2.24. The number of fused-ring (bicyclic) bond motifs is 1. The maximum Gasteiger partial charge on any atom is 0.253 e. The highest BCUT2D eigenvalue weighted by atomic mass is 19.3. The molecule has 0 aromatic rings. The molecule has 0 saturated carbocycles. The van der Waals surface area contributed by atoms with E-state index in [1.807, 2.05) is 0 Å². The molecule has 0 spiro atoms. The van der Waals surface area contributed by atoms with Crippen molar-refractivity contribution >= 4 is 0 Å². The molecule has 3 unspecified atom stereocenters. The largest absolute Gasteiger partial charge is 0.305 e. The molecule has 0 aromatic heterocycles. The van der Waals surface area contributed by atoms with E-state index >= 15 is 0 Å². The first-order valence-corrected chi connectivity index (χ1v) is 5.46. The third kappa shape index (κ3) is 1.91. The van der Waals surface area contributed by atoms with Crippen molar-refractivity contribution in [3.8, 4) is 0 Å². The molecular weight excluding hydrogens is 186 g/mol. The van der Waals surface area contributed by atoms with E-state index in [9.17, 15) is 8.78 Å². The van der Waals surface area contributed by atoms with Crippen molar-refractivity contribution < 1.29 is 8.78 Å². The van der Waals surface area contributed by atoms with Gasteiger partial charge in [-0.05, 0) is 32.7 Å². The van der Waals surface area contributed by atoms with Crippen molar-refractivity contribution in [2.75, 3.05) is 13.1 Å². The number of nitrogens with one attached hydrogen (secondary N) is 1. The van der Waals surface area contributed by atoms with Crippen LogP contribution in [0.3, 0.4) is 0 Å². The first-order chi connectivity index (χ1) is 6.68. The van der Waals surface area contributed by atoms with Crippen LogP contribution >= 0.6 is 0 Å². The number of nitrogens with zero attached hydrogens (tertiary/aromatic N) is 1. The van der Waals surface area contributed by atoms with Crippen LogP contribution in [0.25, 0.3) is 0 Å². The molecule has 2 rings (SSSR count). The quantitative estimate of drug-likeness (QED) is 0.749. The average molecular weight is 204 g/mol. The van der Waals surface area contributed by atoms with Crippen LogP contribution in [0.2, 0.25) is 0 Å². The summed E-state index contributed by atoms with van der Waals surface area (Å²) in [6.45, 7) is 3.81. The molecule has 2 fully saturated rings. The van der Waals surface area contributed by atoms with Crippen LogP contribution in [0.15, 0.2) is 0 Å². The Morgan fingerprint density at radius 2 is 2.07 bits per heavy atom. The van der Waals surface area contributed by atoms with E-state index in [1.165, 1.54) is 12.8 Å². The lowest BCUT2D eigenvalue weighted by Crippen LogP contribution is -2.46. The molecule has 2 heterocycles. The summed E-state index contributed by atoms with van der Waals surface area (Å²) < 4.78 is 24.7. The Hall–Kier alpha value is -0.220. The van der Waals surface area contributed by atoms with Gasteiger partial charge in [0.2, 0.25) is 0 Å². The highest BCUT2D eigenvalue weighted by molar-refractivity contribution is 4.96. The first-order valence-electron chi connectivity index (χ1n) is 5.46. The van der Waals surface area contributed by atoms with E-state index in [0.717, 1.165) is 19.5 Å². The van der Waals surface area contributed by atoms with Crippen molar-refractivity contribution in [2.24, 2.45) is 0 Å². The molecule has 0 aliphatic carbocycles. The zero-order valence-electron chi connectivity index (χ0n) is 8.55. The van der Waals surface area contributed by atoms with Gasteiger partial charge in [0.15, 0.2) is 0 Å². The van der Waals surface area contributed by atoms with Crippen molar-refractivity contribution in [1.29, 1.82) is 0 Å². The SMILES string of the molecule is CC(NC1CCN2CCCC12)C(F)F. The van der Waals surface area contributed by atoms with Crippen LogP contribution in [-0.4, -0.2) is 42.5 Å². The number of alkyl halides is 2. The van der Waals surface area contributed by atoms with E-state index in [-0.39, 0.29) is 0 Å². The number of rotatable bonds is 3. The fourth-order valence-electron chi connectivity index (χ4n) is 2.69. The molecule has 4 heteroatoms. The molecule has 3 atom stereocenters. The Balaban J connectivity index is 1.86. The maximum atomic E-state index is 12.3. The molecule has 1 N–H and O–H groups in total. The van der Waals surface area contributed by atoms with E-state index in [0.29, 0.717) is 12.1 Å². The van der Waals surface area contributed by atoms with E-state index < -0.39 is 12.5 Å². The standard InChI is InChI=1S/C10H18F2N2/c1-7(10(11)12)13-8-4-6-14-5-2-3-9(8)14/h7-10,13H,2-6H2,1H3. The van der Waals surface area contributed by atoms with Crippen LogP contribution in [0.5, 0.6) is 0 Å². The second-order valence-electron chi connectivity index (χ2n) is 4.43. The highest BCUT2D eigenvalue weighted by Crippen LogP contribution is 2.28. The topological polar surface area (TPSA) is 15.3 Å². The normalized spacial score (nSPS) is 35.1. The average Bonchev–Trinajstić information content (AvgIpc) is 2.69. The molecule has 0 radical (unpaired) electrons. The van der Waals surface area contributed by atoms with Crippen LogP contribution in [0.4, 0.5) is 8.78 Å². The lowest BCUT2D eigenvalue weighted by molar-refractivity contribution is 0.0971. The molecule has 2 saturated heterocycles. The minimum Gasteiger partial charge on any atom is -0.305 e. The van der Waals surface area contributed by atoms with Gasteiger partial charge in [0, 0.05) is 18.6 Å². The monoisotopic (exact) mass is 204 g/mol. The lowest BCUT2D eigenvalue weighted by atomic mass is 10.1. The Bertz CT molecular complexity index is 199. The van der Waals surface area contributed by atoms with E-state index in [1.54, 1.807) is 6.92 Å². The fourth-order valence-corrected chi connectivity index (χ4v) is 2.69. The third-order valence-electron chi connectivity index (χ3n) is 3.46. The predicted molar refractivity (Wildman–Crippen MR) is 51.6 cm³/mol. The summed E-state index contributed by atoms with van der Waals surface area (Å²) in [6.07, 6.45) is 1.19. The Morgan fingerprint density at radius 1 is 1.29 bits per heavy atom. The Labute approximate surface area is 83.7 Å². The smallest absolute Gasteiger partial charge is 0.253 e. The zero-order valence-corrected chi connectivity index (χ0v) is 8.55. The molecule has 2 nitrogen and oxygen atoms in total. The van der Waals surface area contributed by atoms with Gasteiger partial charge in [-0.1, -0.05) is 0 Å². The highest BCUT2D eigenvalue weighted by Gasteiger charge is 2.38. The molecular formula is C10H18F2N2. The van der Waals surface area contributed by atoms with Crippen molar-refractivity contribution in [1.82, 2.24) is 10.2 Å². The predicted octanol–water partition coefficient (Wildman–Crippen LogP) is 1.47. The fraction of sp³-hybridized carbons (Fsp3) is 1.00. The summed E-state index contributed by atoms with van der Waals surface area (Å²) in [4.78, 5) is 2.43. The summed E-state index contributed by atoms with van der Waals surface area (Å²) in [5, 5.41) is 3.06. The van der Waals surface area contributed by atoms with Gasteiger partial charge in [0.05, 0.1) is 6.04 Å². The molecule has 2 aliphatic heterocycles. The number of hydrogen-bond donors (Lipinski definition) is 1. The number of hydrogen-bond acceptors (Lipinski definition) is 2. The summed E-state index contributed by atoms with van der Waals surface area (Å²) in [5.74, 6) is 0. The van der Waals surface area contributed by atoms with Gasteiger partial charge >= 0.3 is 0 Å². The second kappa shape index (κ2) is 4.11. The molecule has 2 aliphatic rings. The van der Waals surface area contributed by atoms with Crippen LogP contribution in [0, 0.1) is 0 Å². The molecule has 14 heavy (non-hydrogen) atoms. The summed E-state index contributed by atoms with van der Waals surface area (Å²) >= 11 is 0. The summed E-state index contributed by atoms with van der Waals surface area (Å²) in [7, 11) is 0. The molecule has 0 aromatic carbocycles. The first kappa shape index (κ1) is 10.3. The van der Waals surface area contributed by atoms with Gasteiger partial charge in [0.25, 0.3) is 6.43 Å². The molecule has 0 amide bonds. The number of halogens is 2. The van der Waals surface area contributed by atoms with E-state index in [4.69, 9.17) is 0 Å². The van der Waals surface area contributed by atoms with Crippen molar-refractivity contribution in [3.05, 3.63) is 0 Å². The second-order valence-corrected chi connectivity index (χ2v) is 4.43. The van der Waals surface area contributed by atoms with Gasteiger partial charge in [-0.2, -0.15) is 0 Å². The third-order valence-corrected chi connectivity index (χ3v) is 3.46. The van der Waals surface area contributed by atoms with Crippen LogP contribution in [-0.2, 0) is 0 Å². The van der Waals surface area contributed by atoms with Crippen molar-refractivity contribution in [2.45, 2.75) is 50.7 Å². The van der Waals surface area contributed by atoms with Gasteiger partial charge in [-0.25, -0.2) is 8.78 Å².